The van der Waals surface area contributed by atoms with E-state index in [1.165, 1.54) is 0 Å². The van der Waals surface area contributed by atoms with Crippen LogP contribution in [0.4, 0.5) is 4.79 Å². The normalized spacial score (nSPS) is 14.5. The fraction of sp³-hybridized carbons (Fsp3) is 0.444. The van der Waals surface area contributed by atoms with Crippen molar-refractivity contribution < 1.29 is 33.6 Å². The number of piperidine rings is 1. The number of aromatic nitrogens is 2. The first-order valence-corrected chi connectivity index (χ1v) is 12.3. The Kier molecular flexibility index (Phi) is 7.87. The number of amides is 1. The zero-order valence-corrected chi connectivity index (χ0v) is 21.6. The van der Waals surface area contributed by atoms with Crippen LogP contribution in [-0.4, -0.2) is 69.9 Å². The van der Waals surface area contributed by atoms with Gasteiger partial charge in [0.05, 0.1) is 24.4 Å². The molecule has 1 amide bonds. The highest BCUT2D eigenvalue weighted by Gasteiger charge is 2.27. The molecule has 2 heterocycles. The average Bonchev–Trinajstić information content (AvgIpc) is 3.21. The van der Waals surface area contributed by atoms with Crippen molar-refractivity contribution in [2.75, 3.05) is 26.3 Å². The molecule has 3 aromatic rings. The number of hydrogen-bond donors (Lipinski definition) is 1. The van der Waals surface area contributed by atoms with Crippen LogP contribution < -0.4 is 9.47 Å². The minimum Gasteiger partial charge on any atom is -0.491 e. The topological polar surface area (TPSA) is 112 Å². The molecule has 0 spiro atoms. The van der Waals surface area contributed by atoms with E-state index in [1.54, 1.807) is 59.2 Å². The fourth-order valence-electron chi connectivity index (χ4n) is 4.07. The van der Waals surface area contributed by atoms with Crippen LogP contribution in [0.5, 0.6) is 17.2 Å². The van der Waals surface area contributed by atoms with Crippen molar-refractivity contribution in [3.05, 3.63) is 48.2 Å². The molecule has 10 heteroatoms. The quantitative estimate of drug-likeness (QED) is 0.427. The van der Waals surface area contributed by atoms with Gasteiger partial charge in [-0.15, -0.1) is 0 Å². The molecule has 0 bridgehead atoms. The Morgan fingerprint density at radius 2 is 1.73 bits per heavy atom. The van der Waals surface area contributed by atoms with Crippen LogP contribution >= 0.6 is 0 Å². The van der Waals surface area contributed by atoms with Crippen LogP contribution in [0.15, 0.2) is 42.6 Å². The van der Waals surface area contributed by atoms with Gasteiger partial charge in [-0.25, -0.2) is 9.59 Å². The molecule has 1 saturated heterocycles. The summed E-state index contributed by atoms with van der Waals surface area (Å²) in [4.78, 5) is 25.6. The number of hydrogen-bond acceptors (Lipinski definition) is 7. The third kappa shape index (κ3) is 6.91. The molecule has 1 aliphatic rings. The van der Waals surface area contributed by atoms with Crippen molar-refractivity contribution in [3.8, 4) is 17.2 Å². The van der Waals surface area contributed by atoms with E-state index in [1.807, 2.05) is 20.8 Å². The lowest BCUT2D eigenvalue weighted by atomic mass is 10.1. The summed E-state index contributed by atoms with van der Waals surface area (Å²) in [5.41, 5.74) is 0.340. The van der Waals surface area contributed by atoms with Gasteiger partial charge >= 0.3 is 12.1 Å². The van der Waals surface area contributed by atoms with E-state index in [0.717, 1.165) is 23.7 Å². The molecular formula is C27H33N3O7. The van der Waals surface area contributed by atoms with Crippen molar-refractivity contribution in [1.29, 1.82) is 0 Å². The monoisotopic (exact) mass is 511 g/mol. The Bertz CT molecular complexity index is 1240. The van der Waals surface area contributed by atoms with E-state index in [2.05, 4.69) is 5.10 Å². The molecule has 0 unspecified atom stereocenters. The zero-order chi connectivity index (χ0) is 26.6. The molecule has 1 N–H and O–H groups in total. The summed E-state index contributed by atoms with van der Waals surface area (Å²) in [5.74, 6) is 0.306. The lowest BCUT2D eigenvalue weighted by molar-refractivity contribution is -0.0177. The Balaban J connectivity index is 1.23. The van der Waals surface area contributed by atoms with E-state index in [0.29, 0.717) is 37.8 Å². The maximum absolute atomic E-state index is 12.2. The number of aryl methyl sites for hydroxylation is 1. The first-order valence-electron chi connectivity index (χ1n) is 12.3. The van der Waals surface area contributed by atoms with E-state index in [9.17, 15) is 14.7 Å². The van der Waals surface area contributed by atoms with Gasteiger partial charge in [-0.05, 0) is 63.9 Å². The number of ether oxygens (including phenoxy) is 4. The Morgan fingerprint density at radius 3 is 2.38 bits per heavy atom. The van der Waals surface area contributed by atoms with Gasteiger partial charge in [0, 0.05) is 31.6 Å². The highest BCUT2D eigenvalue weighted by atomic mass is 16.6. The number of nitrogens with zero attached hydrogens (tertiary/aromatic N) is 3. The van der Waals surface area contributed by atoms with Crippen LogP contribution in [0.1, 0.15) is 44.0 Å². The van der Waals surface area contributed by atoms with Crippen LogP contribution in [0.25, 0.3) is 10.9 Å². The third-order valence-electron chi connectivity index (χ3n) is 5.93. The van der Waals surface area contributed by atoms with Gasteiger partial charge in [0.25, 0.3) is 0 Å². The molecule has 0 radical (unpaired) electrons. The summed E-state index contributed by atoms with van der Waals surface area (Å²) >= 11 is 0. The zero-order valence-electron chi connectivity index (χ0n) is 21.6. The first-order chi connectivity index (χ1) is 17.6. The van der Waals surface area contributed by atoms with Crippen LogP contribution in [0.3, 0.4) is 0 Å². The van der Waals surface area contributed by atoms with Crippen molar-refractivity contribution in [2.24, 2.45) is 7.05 Å². The lowest BCUT2D eigenvalue weighted by Crippen LogP contribution is -2.43. The van der Waals surface area contributed by atoms with Gasteiger partial charge in [0.15, 0.2) is 0 Å². The van der Waals surface area contributed by atoms with Gasteiger partial charge in [-0.2, -0.15) is 5.10 Å². The molecule has 1 aliphatic heterocycles. The molecular weight excluding hydrogens is 478 g/mol. The second-order valence-corrected chi connectivity index (χ2v) is 9.94. The summed E-state index contributed by atoms with van der Waals surface area (Å²) in [6.07, 6.45) is 2.94. The molecule has 198 valence electrons. The van der Waals surface area contributed by atoms with Crippen LogP contribution in [-0.2, 0) is 16.5 Å². The predicted octanol–water partition coefficient (Wildman–Crippen LogP) is 4.86. The Morgan fingerprint density at radius 1 is 1.05 bits per heavy atom. The molecule has 2 aromatic carbocycles. The van der Waals surface area contributed by atoms with Crippen molar-refractivity contribution in [3.63, 3.8) is 0 Å². The second kappa shape index (κ2) is 11.1. The molecule has 4 rings (SSSR count). The fourth-order valence-corrected chi connectivity index (χ4v) is 4.07. The second-order valence-electron chi connectivity index (χ2n) is 9.94. The van der Waals surface area contributed by atoms with Gasteiger partial charge in [-0.3, -0.25) is 4.68 Å². The smallest absolute Gasteiger partial charge is 0.410 e. The van der Waals surface area contributed by atoms with Crippen LogP contribution in [0.2, 0.25) is 0 Å². The van der Waals surface area contributed by atoms with Gasteiger partial charge in [-0.1, -0.05) is 0 Å². The third-order valence-corrected chi connectivity index (χ3v) is 5.93. The number of likely N-dealkylation sites (tertiary alicyclic amines) is 1. The number of rotatable bonds is 8. The number of carboxylic acids is 1. The standard InChI is InChI=1S/C27H33N3O7/c1-27(2,3)37-26(33)30-11-9-20(10-12-30)35-14-13-34-19-5-7-21(8-6-19)36-24-16-23-18(17-28-29(23)4)15-22(24)25(31)32/h5-8,15-17,20H,9-14H2,1-4H3,(H,31,32). The maximum Gasteiger partial charge on any atom is 0.410 e. The summed E-state index contributed by atoms with van der Waals surface area (Å²) < 4.78 is 24.7. The molecule has 10 nitrogen and oxygen atoms in total. The van der Waals surface area contributed by atoms with E-state index in [-0.39, 0.29) is 23.5 Å². The number of fused-ring (bicyclic) bond motifs is 1. The van der Waals surface area contributed by atoms with E-state index < -0.39 is 11.6 Å². The average molecular weight is 512 g/mol. The van der Waals surface area contributed by atoms with Crippen molar-refractivity contribution in [1.82, 2.24) is 14.7 Å². The number of carboxylic acid groups (broad SMARTS) is 1. The Labute approximate surface area is 215 Å². The van der Waals surface area contributed by atoms with E-state index in [4.69, 9.17) is 18.9 Å². The summed E-state index contributed by atoms with van der Waals surface area (Å²) in [7, 11) is 1.79. The number of carbonyl (C=O) groups excluding carboxylic acids is 1. The first kappa shape index (κ1) is 26.3. The molecule has 0 atom stereocenters. The molecule has 37 heavy (non-hydrogen) atoms. The van der Waals surface area contributed by atoms with Crippen LogP contribution in [0, 0.1) is 0 Å². The lowest BCUT2D eigenvalue weighted by Gasteiger charge is -2.33. The number of aromatic carboxylic acids is 1. The highest BCUT2D eigenvalue weighted by Crippen LogP contribution is 2.31. The Hall–Kier alpha value is -3.79. The summed E-state index contributed by atoms with van der Waals surface area (Å²) in [5, 5.41) is 14.5. The molecule has 1 fully saturated rings. The maximum atomic E-state index is 12.2. The summed E-state index contributed by atoms with van der Waals surface area (Å²) in [6, 6.07) is 10.2. The number of benzene rings is 2. The van der Waals surface area contributed by atoms with Gasteiger partial charge in [0.2, 0.25) is 0 Å². The van der Waals surface area contributed by atoms with Crippen molar-refractivity contribution in [2.45, 2.75) is 45.3 Å². The molecule has 0 saturated carbocycles. The predicted molar refractivity (Wildman–Crippen MR) is 136 cm³/mol. The molecule has 0 aliphatic carbocycles. The molecule has 1 aromatic heterocycles. The van der Waals surface area contributed by atoms with E-state index >= 15 is 0 Å². The van der Waals surface area contributed by atoms with Gasteiger partial charge < -0.3 is 29.0 Å². The largest absolute Gasteiger partial charge is 0.491 e. The summed E-state index contributed by atoms with van der Waals surface area (Å²) in [6.45, 7) is 7.62. The SMILES string of the molecule is Cn1ncc2cc(C(=O)O)c(Oc3ccc(OCCOC4CCN(C(=O)OC(C)(C)C)CC4)cc3)cc21. The van der Waals surface area contributed by atoms with Gasteiger partial charge in [0.1, 0.15) is 35.0 Å². The minimum atomic E-state index is -1.07. The number of carbonyl (C=O) groups is 2. The minimum absolute atomic E-state index is 0.0647. The highest BCUT2D eigenvalue weighted by molar-refractivity contribution is 5.96. The van der Waals surface area contributed by atoms with Crippen molar-refractivity contribution >= 4 is 23.0 Å².